The maximum atomic E-state index is 12.7. The summed E-state index contributed by atoms with van der Waals surface area (Å²) in [6, 6.07) is 6.08. The summed E-state index contributed by atoms with van der Waals surface area (Å²) in [4.78, 5) is 4.87. The highest BCUT2D eigenvalue weighted by Gasteiger charge is 2.39. The molecule has 126 valence electrons. The second-order valence-corrected chi connectivity index (χ2v) is 8.78. The summed E-state index contributed by atoms with van der Waals surface area (Å²) >= 11 is 0. The van der Waals surface area contributed by atoms with Crippen LogP contribution in [0.15, 0.2) is 23.1 Å². The molecular weight excluding hydrogens is 314 g/mol. The van der Waals surface area contributed by atoms with Crippen LogP contribution in [-0.2, 0) is 10.0 Å². The van der Waals surface area contributed by atoms with Crippen LogP contribution in [0.25, 0.3) is 0 Å². The predicted molar refractivity (Wildman–Crippen MR) is 88.5 cm³/mol. The Morgan fingerprint density at radius 3 is 2.74 bits per heavy atom. The summed E-state index contributed by atoms with van der Waals surface area (Å²) in [5.74, 6) is 0.517. The average molecular weight is 337 g/mol. The quantitative estimate of drug-likeness (QED) is 0.805. The smallest absolute Gasteiger partial charge is 0.246 e. The lowest BCUT2D eigenvalue weighted by Gasteiger charge is -2.23. The first-order chi connectivity index (χ1) is 10.9. The summed E-state index contributed by atoms with van der Waals surface area (Å²) in [5, 5.41) is 0. The molecular formula is C16H23N3O3S. The van der Waals surface area contributed by atoms with Crippen molar-refractivity contribution in [1.82, 2.24) is 9.21 Å². The van der Waals surface area contributed by atoms with Gasteiger partial charge in [-0.1, -0.05) is 0 Å². The maximum Gasteiger partial charge on any atom is 0.246 e. The lowest BCUT2D eigenvalue weighted by Crippen LogP contribution is -2.31. The molecule has 1 aromatic rings. The number of fused-ring (bicyclic) bond motifs is 3. The van der Waals surface area contributed by atoms with Crippen molar-refractivity contribution in [3.8, 4) is 5.75 Å². The standard InChI is InChI=1S/C16H23N3O3S/c1-17(2)13-5-7-18(10-13)12-3-4-16-15(9-12)22-14-6-8-19(11-14)23(16,20)21/h3-4,9,13-14H,5-8,10-11H2,1-2H3/t13-,14-/m1/s1. The zero-order valence-corrected chi connectivity index (χ0v) is 14.4. The van der Waals surface area contributed by atoms with Crippen molar-refractivity contribution in [2.24, 2.45) is 0 Å². The van der Waals surface area contributed by atoms with Gasteiger partial charge in [0.15, 0.2) is 0 Å². The molecule has 0 N–H and O–H groups in total. The highest BCUT2D eigenvalue weighted by atomic mass is 32.2. The van der Waals surface area contributed by atoms with Crippen LogP contribution in [0.1, 0.15) is 12.8 Å². The van der Waals surface area contributed by atoms with Crippen LogP contribution >= 0.6 is 0 Å². The van der Waals surface area contributed by atoms with E-state index in [0.29, 0.717) is 29.8 Å². The Morgan fingerprint density at radius 1 is 1.17 bits per heavy atom. The molecule has 3 heterocycles. The van der Waals surface area contributed by atoms with Crippen LogP contribution in [0.5, 0.6) is 5.75 Å². The molecule has 23 heavy (non-hydrogen) atoms. The molecule has 0 aliphatic carbocycles. The molecule has 0 saturated carbocycles. The lowest BCUT2D eigenvalue weighted by molar-refractivity contribution is 0.215. The van der Waals surface area contributed by atoms with Gasteiger partial charge in [0.2, 0.25) is 10.0 Å². The maximum absolute atomic E-state index is 12.7. The first kappa shape index (κ1) is 15.2. The normalized spacial score (nSPS) is 31.8. The molecule has 2 saturated heterocycles. The van der Waals surface area contributed by atoms with Gasteiger partial charge in [0.1, 0.15) is 16.7 Å². The van der Waals surface area contributed by atoms with E-state index in [1.165, 1.54) is 0 Å². The third kappa shape index (κ3) is 2.51. The van der Waals surface area contributed by atoms with Crippen molar-refractivity contribution < 1.29 is 13.2 Å². The highest BCUT2D eigenvalue weighted by molar-refractivity contribution is 7.89. The van der Waals surface area contributed by atoms with Crippen molar-refractivity contribution in [3.05, 3.63) is 18.2 Å². The van der Waals surface area contributed by atoms with E-state index >= 15 is 0 Å². The average Bonchev–Trinajstić information content (AvgIpc) is 3.13. The fraction of sp³-hybridized carbons (Fsp3) is 0.625. The molecule has 7 heteroatoms. The molecule has 0 radical (unpaired) electrons. The Bertz CT molecular complexity index is 719. The Labute approximate surface area is 137 Å². The molecule has 1 aromatic carbocycles. The van der Waals surface area contributed by atoms with Gasteiger partial charge < -0.3 is 14.5 Å². The summed E-state index contributed by atoms with van der Waals surface area (Å²) in [5.41, 5.74) is 1.05. The first-order valence-corrected chi connectivity index (χ1v) is 9.61. The number of hydrogen-bond acceptors (Lipinski definition) is 5. The van der Waals surface area contributed by atoms with Crippen LogP contribution in [-0.4, -0.2) is 70.0 Å². The van der Waals surface area contributed by atoms with Gasteiger partial charge in [-0.25, -0.2) is 8.42 Å². The SMILES string of the molecule is CN(C)[C@@H]1CCN(c2ccc3c(c2)O[C@@H]2CCN(C2)S3(=O)=O)C1. The molecule has 0 aromatic heterocycles. The lowest BCUT2D eigenvalue weighted by atomic mass is 10.2. The van der Waals surface area contributed by atoms with E-state index in [4.69, 9.17) is 4.74 Å². The van der Waals surface area contributed by atoms with E-state index < -0.39 is 10.0 Å². The molecule has 1 unspecified atom stereocenters. The minimum absolute atomic E-state index is 0.0191. The number of ether oxygens (including phenoxy) is 1. The summed E-state index contributed by atoms with van der Waals surface area (Å²) < 4.78 is 32.9. The van der Waals surface area contributed by atoms with E-state index in [2.05, 4.69) is 23.9 Å². The molecule has 4 rings (SSSR count). The molecule has 3 aliphatic heterocycles. The minimum Gasteiger partial charge on any atom is -0.487 e. The molecule has 2 fully saturated rings. The molecule has 2 bridgehead atoms. The largest absolute Gasteiger partial charge is 0.487 e. The molecule has 6 nitrogen and oxygen atoms in total. The van der Waals surface area contributed by atoms with Gasteiger partial charge in [-0.3, -0.25) is 0 Å². The summed E-state index contributed by atoms with van der Waals surface area (Å²) in [6.07, 6.45) is 1.88. The van der Waals surface area contributed by atoms with Crippen molar-refractivity contribution >= 4 is 15.7 Å². The number of likely N-dealkylation sites (N-methyl/N-ethyl adjacent to an activating group) is 1. The second kappa shape index (κ2) is 5.36. The van der Waals surface area contributed by atoms with E-state index in [-0.39, 0.29) is 6.10 Å². The fourth-order valence-electron chi connectivity index (χ4n) is 3.73. The van der Waals surface area contributed by atoms with E-state index in [1.54, 1.807) is 10.4 Å². The summed E-state index contributed by atoms with van der Waals surface area (Å²) in [7, 11) is 0.796. The number of anilines is 1. The molecule has 0 spiro atoms. The predicted octanol–water partition coefficient (Wildman–Crippen LogP) is 0.982. The summed E-state index contributed by atoms with van der Waals surface area (Å²) in [6.45, 7) is 2.99. The van der Waals surface area contributed by atoms with Gasteiger partial charge in [-0.05, 0) is 39.1 Å². The number of hydrogen-bond donors (Lipinski definition) is 0. The first-order valence-electron chi connectivity index (χ1n) is 8.17. The van der Waals surface area contributed by atoms with Gasteiger partial charge in [0.05, 0.1) is 6.54 Å². The zero-order chi connectivity index (χ0) is 16.2. The molecule has 3 aliphatic rings. The van der Waals surface area contributed by atoms with Crippen LogP contribution in [0, 0.1) is 0 Å². The Hall–Kier alpha value is -1.31. The van der Waals surface area contributed by atoms with Crippen LogP contribution in [0.2, 0.25) is 0 Å². The number of nitrogens with zero attached hydrogens (tertiary/aromatic N) is 3. The van der Waals surface area contributed by atoms with Crippen LogP contribution < -0.4 is 9.64 Å². The van der Waals surface area contributed by atoms with Crippen LogP contribution in [0.4, 0.5) is 5.69 Å². The van der Waals surface area contributed by atoms with Gasteiger partial charge >= 0.3 is 0 Å². The number of rotatable bonds is 2. The third-order valence-corrected chi connectivity index (χ3v) is 7.11. The van der Waals surface area contributed by atoms with Crippen molar-refractivity contribution in [2.45, 2.75) is 29.9 Å². The van der Waals surface area contributed by atoms with Crippen LogP contribution in [0.3, 0.4) is 0 Å². The Balaban J connectivity index is 1.67. The Morgan fingerprint density at radius 2 is 2.00 bits per heavy atom. The van der Waals surface area contributed by atoms with Gasteiger partial charge in [-0.2, -0.15) is 4.31 Å². The van der Waals surface area contributed by atoms with Crippen molar-refractivity contribution in [1.29, 1.82) is 0 Å². The van der Waals surface area contributed by atoms with E-state index in [0.717, 1.165) is 31.6 Å². The minimum atomic E-state index is -3.41. The van der Waals surface area contributed by atoms with Gasteiger partial charge in [-0.15, -0.1) is 0 Å². The Kier molecular flexibility index (Phi) is 3.55. The topological polar surface area (TPSA) is 53.1 Å². The molecule has 0 amide bonds. The van der Waals surface area contributed by atoms with E-state index in [9.17, 15) is 8.42 Å². The van der Waals surface area contributed by atoms with Gasteiger partial charge in [0.25, 0.3) is 0 Å². The second-order valence-electron chi connectivity index (χ2n) is 6.87. The third-order valence-electron chi connectivity index (χ3n) is 5.21. The number of benzene rings is 1. The van der Waals surface area contributed by atoms with Crippen molar-refractivity contribution in [3.63, 3.8) is 0 Å². The van der Waals surface area contributed by atoms with Crippen molar-refractivity contribution in [2.75, 3.05) is 45.2 Å². The monoisotopic (exact) mass is 337 g/mol. The zero-order valence-electron chi connectivity index (χ0n) is 13.6. The van der Waals surface area contributed by atoms with E-state index in [1.807, 2.05) is 12.1 Å². The fourth-order valence-corrected chi connectivity index (χ4v) is 5.32. The van der Waals surface area contributed by atoms with Gasteiger partial charge in [0, 0.05) is 37.4 Å². The number of sulfonamides is 1. The molecule has 3 atom stereocenters. The highest BCUT2D eigenvalue weighted by Crippen LogP contribution is 2.38.